The van der Waals surface area contributed by atoms with Gasteiger partial charge in [0.05, 0.1) is 6.04 Å². The van der Waals surface area contributed by atoms with E-state index in [4.69, 9.17) is 4.42 Å². The van der Waals surface area contributed by atoms with Crippen LogP contribution >= 0.6 is 0 Å². The molecular formula is C16H26N2O4S. The van der Waals surface area contributed by atoms with Crippen molar-refractivity contribution in [3.8, 4) is 0 Å². The molecule has 2 heterocycles. The summed E-state index contributed by atoms with van der Waals surface area (Å²) >= 11 is 0. The molecule has 0 N–H and O–H groups in total. The highest BCUT2D eigenvalue weighted by Gasteiger charge is 2.41. The van der Waals surface area contributed by atoms with Crippen LogP contribution in [0.1, 0.15) is 50.7 Å². The molecule has 1 amide bonds. The van der Waals surface area contributed by atoms with Gasteiger partial charge in [0.15, 0.2) is 5.25 Å². The van der Waals surface area contributed by atoms with Crippen molar-refractivity contribution < 1.29 is 17.6 Å². The number of hydrogen-bond donors (Lipinski definition) is 0. The van der Waals surface area contributed by atoms with Crippen LogP contribution in [0.5, 0.6) is 0 Å². The van der Waals surface area contributed by atoms with Gasteiger partial charge in [0.1, 0.15) is 11.5 Å². The molecule has 0 radical (unpaired) electrons. The number of furan rings is 1. The number of carbonyl (C=O) groups is 1. The van der Waals surface area contributed by atoms with Crippen LogP contribution in [0.2, 0.25) is 0 Å². The zero-order valence-corrected chi connectivity index (χ0v) is 15.1. The fourth-order valence-corrected chi connectivity index (χ4v) is 4.77. The van der Waals surface area contributed by atoms with Crippen molar-refractivity contribution in [1.29, 1.82) is 0 Å². The van der Waals surface area contributed by atoms with E-state index in [0.717, 1.165) is 31.4 Å². The molecule has 1 aliphatic rings. The Morgan fingerprint density at radius 1 is 1.39 bits per heavy atom. The van der Waals surface area contributed by atoms with Crippen molar-refractivity contribution in [2.75, 3.05) is 20.6 Å². The van der Waals surface area contributed by atoms with Crippen molar-refractivity contribution >= 4 is 15.9 Å². The fraction of sp³-hybridized carbons (Fsp3) is 0.688. The Kier molecular flexibility index (Phi) is 5.52. The molecule has 2 rings (SSSR count). The van der Waals surface area contributed by atoms with Gasteiger partial charge in [-0.2, -0.15) is 4.31 Å². The summed E-state index contributed by atoms with van der Waals surface area (Å²) in [5.74, 6) is 1.12. The lowest BCUT2D eigenvalue weighted by Crippen LogP contribution is -2.47. The van der Waals surface area contributed by atoms with Crippen LogP contribution in [0.4, 0.5) is 0 Å². The van der Waals surface area contributed by atoms with E-state index in [1.54, 1.807) is 14.1 Å². The molecule has 1 saturated heterocycles. The molecule has 1 fully saturated rings. The van der Waals surface area contributed by atoms with E-state index in [0.29, 0.717) is 12.3 Å². The average molecular weight is 342 g/mol. The van der Waals surface area contributed by atoms with Gasteiger partial charge in [0.2, 0.25) is 15.9 Å². The fourth-order valence-electron chi connectivity index (χ4n) is 2.95. The zero-order chi connectivity index (χ0) is 17.2. The molecule has 6 nitrogen and oxygen atoms in total. The summed E-state index contributed by atoms with van der Waals surface area (Å²) in [4.78, 5) is 13.4. The Morgan fingerprint density at radius 3 is 2.65 bits per heavy atom. The molecule has 1 aliphatic heterocycles. The predicted octanol–water partition coefficient (Wildman–Crippen LogP) is 2.18. The van der Waals surface area contributed by atoms with E-state index in [1.165, 1.54) is 16.1 Å². The highest BCUT2D eigenvalue weighted by molar-refractivity contribution is 7.90. The second-order valence-electron chi connectivity index (χ2n) is 6.20. The minimum Gasteiger partial charge on any atom is -0.464 e. The molecule has 7 heteroatoms. The molecule has 2 atom stereocenters. The number of nitrogens with zero attached hydrogens (tertiary/aromatic N) is 2. The lowest BCUT2D eigenvalue weighted by Gasteiger charge is -2.35. The molecule has 0 saturated carbocycles. The summed E-state index contributed by atoms with van der Waals surface area (Å²) in [6.07, 6.45) is 3.25. The maximum atomic E-state index is 12.9. The van der Waals surface area contributed by atoms with Crippen LogP contribution in [0.15, 0.2) is 16.5 Å². The summed E-state index contributed by atoms with van der Waals surface area (Å²) in [7, 11) is -0.576. The van der Waals surface area contributed by atoms with Crippen molar-refractivity contribution in [3.05, 3.63) is 23.7 Å². The first-order chi connectivity index (χ1) is 10.8. The maximum absolute atomic E-state index is 12.9. The number of carbonyl (C=O) groups excluding carboxylic acids is 1. The number of amides is 1. The quantitative estimate of drug-likeness (QED) is 0.822. The third-order valence-electron chi connectivity index (χ3n) is 4.38. The van der Waals surface area contributed by atoms with E-state index >= 15 is 0 Å². The Labute approximate surface area is 138 Å². The molecular weight excluding hydrogens is 316 g/mol. The van der Waals surface area contributed by atoms with E-state index < -0.39 is 21.2 Å². The van der Waals surface area contributed by atoms with Crippen LogP contribution < -0.4 is 0 Å². The molecule has 130 valence electrons. The van der Waals surface area contributed by atoms with Gasteiger partial charge < -0.3 is 9.32 Å². The third kappa shape index (κ3) is 3.61. The van der Waals surface area contributed by atoms with Crippen LogP contribution in [0.3, 0.4) is 0 Å². The first-order valence-corrected chi connectivity index (χ1v) is 9.59. The van der Waals surface area contributed by atoms with Crippen LogP contribution in [0, 0.1) is 0 Å². The SMILES string of the molecule is CCc1ccc(C2CCCCN2S(=O)(=O)C(C)C(=O)N(C)C)o1. The van der Waals surface area contributed by atoms with Gasteiger partial charge in [0, 0.05) is 27.1 Å². The van der Waals surface area contributed by atoms with Gasteiger partial charge in [-0.3, -0.25) is 4.79 Å². The second-order valence-corrected chi connectivity index (χ2v) is 8.41. The Hall–Kier alpha value is -1.34. The summed E-state index contributed by atoms with van der Waals surface area (Å²) in [6.45, 7) is 3.89. The van der Waals surface area contributed by atoms with Crippen LogP contribution in [0.25, 0.3) is 0 Å². The monoisotopic (exact) mass is 342 g/mol. The molecule has 0 aromatic carbocycles. The van der Waals surface area contributed by atoms with Crippen molar-refractivity contribution in [3.63, 3.8) is 0 Å². The van der Waals surface area contributed by atoms with Crippen LogP contribution in [-0.2, 0) is 21.2 Å². The summed E-state index contributed by atoms with van der Waals surface area (Å²) in [6, 6.07) is 3.44. The largest absolute Gasteiger partial charge is 0.464 e. The molecule has 23 heavy (non-hydrogen) atoms. The van der Waals surface area contributed by atoms with Gasteiger partial charge in [-0.15, -0.1) is 0 Å². The van der Waals surface area contributed by atoms with E-state index in [9.17, 15) is 13.2 Å². The Morgan fingerprint density at radius 2 is 2.09 bits per heavy atom. The highest BCUT2D eigenvalue weighted by Crippen LogP contribution is 2.35. The van der Waals surface area contributed by atoms with Gasteiger partial charge in [-0.05, 0) is 31.9 Å². The van der Waals surface area contributed by atoms with E-state index in [2.05, 4.69) is 0 Å². The number of sulfonamides is 1. The van der Waals surface area contributed by atoms with Gasteiger partial charge >= 0.3 is 0 Å². The van der Waals surface area contributed by atoms with E-state index in [-0.39, 0.29) is 6.04 Å². The number of hydrogen-bond acceptors (Lipinski definition) is 4. The van der Waals surface area contributed by atoms with Crippen molar-refractivity contribution in [1.82, 2.24) is 9.21 Å². The molecule has 0 aliphatic carbocycles. The minimum atomic E-state index is -3.72. The van der Waals surface area contributed by atoms with Gasteiger partial charge in [-0.25, -0.2) is 8.42 Å². The van der Waals surface area contributed by atoms with Crippen molar-refractivity contribution in [2.24, 2.45) is 0 Å². The normalized spacial score (nSPS) is 21.1. The number of piperidine rings is 1. The zero-order valence-electron chi connectivity index (χ0n) is 14.3. The topological polar surface area (TPSA) is 70.8 Å². The molecule has 1 aromatic rings. The summed E-state index contributed by atoms with van der Waals surface area (Å²) in [5, 5.41) is -1.08. The molecule has 1 aromatic heterocycles. The van der Waals surface area contributed by atoms with Crippen LogP contribution in [-0.4, -0.2) is 49.4 Å². The first kappa shape index (κ1) is 18.0. The van der Waals surface area contributed by atoms with Gasteiger partial charge in [-0.1, -0.05) is 13.3 Å². The third-order valence-corrected chi connectivity index (χ3v) is 6.56. The molecule has 0 bridgehead atoms. The maximum Gasteiger partial charge on any atom is 0.241 e. The highest BCUT2D eigenvalue weighted by atomic mass is 32.2. The molecule has 2 unspecified atom stereocenters. The second kappa shape index (κ2) is 7.05. The lowest BCUT2D eigenvalue weighted by molar-refractivity contribution is -0.128. The number of aryl methyl sites for hydroxylation is 1. The predicted molar refractivity (Wildman–Crippen MR) is 88.5 cm³/mol. The summed E-state index contributed by atoms with van der Waals surface area (Å²) in [5.41, 5.74) is 0. The van der Waals surface area contributed by atoms with Gasteiger partial charge in [0.25, 0.3) is 0 Å². The van der Waals surface area contributed by atoms with E-state index in [1.807, 2.05) is 19.1 Å². The Balaban J connectivity index is 2.31. The van der Waals surface area contributed by atoms with Crippen molar-refractivity contribution in [2.45, 2.75) is 50.8 Å². The Bertz CT molecular complexity index is 651. The lowest BCUT2D eigenvalue weighted by atomic mass is 10.0. The average Bonchev–Trinajstić information content (AvgIpc) is 3.02. The smallest absolute Gasteiger partial charge is 0.241 e. The summed E-state index contributed by atoms with van der Waals surface area (Å²) < 4.78 is 33.1. The standard InChI is InChI=1S/C16H26N2O4S/c1-5-13-9-10-15(22-13)14-8-6-7-11-18(14)23(20,21)12(2)16(19)17(3)4/h9-10,12,14H,5-8,11H2,1-4H3. The first-order valence-electron chi connectivity index (χ1n) is 8.09. The minimum absolute atomic E-state index is 0.313. The number of rotatable bonds is 5. The molecule has 0 spiro atoms.